The summed E-state index contributed by atoms with van der Waals surface area (Å²) in [6.07, 6.45) is 0.533. The summed E-state index contributed by atoms with van der Waals surface area (Å²) in [7, 11) is 1.47. The molecular weight excluding hydrogens is 334 g/mol. The van der Waals surface area contributed by atoms with Crippen LogP contribution < -0.4 is 15.4 Å². The fraction of sp³-hybridized carbons (Fsp3) is 0.438. The molecule has 0 aromatic heterocycles. The fourth-order valence-electron chi connectivity index (χ4n) is 2.47. The number of hydrogen-bond donors (Lipinski definition) is 2. The maximum Gasteiger partial charge on any atom is 0.325 e. The van der Waals surface area contributed by atoms with Crippen LogP contribution in [0.4, 0.5) is 10.5 Å². The van der Waals surface area contributed by atoms with Crippen molar-refractivity contribution in [3.63, 3.8) is 0 Å². The summed E-state index contributed by atoms with van der Waals surface area (Å²) in [6.45, 7) is 3.55. The summed E-state index contributed by atoms with van der Waals surface area (Å²) in [5, 5.41) is 5.63. The average Bonchev–Trinajstić information content (AvgIpc) is 2.74. The molecule has 1 atom stereocenters. The molecule has 0 spiro atoms. The van der Waals surface area contributed by atoms with Gasteiger partial charge in [-0.1, -0.05) is 25.4 Å². The van der Waals surface area contributed by atoms with E-state index in [4.69, 9.17) is 16.3 Å². The minimum Gasteiger partial charge on any atom is -0.495 e. The zero-order valence-corrected chi connectivity index (χ0v) is 14.5. The van der Waals surface area contributed by atoms with Crippen LogP contribution in [-0.2, 0) is 9.59 Å². The zero-order valence-electron chi connectivity index (χ0n) is 13.8. The molecule has 0 aliphatic carbocycles. The highest BCUT2D eigenvalue weighted by molar-refractivity contribution is 6.31. The summed E-state index contributed by atoms with van der Waals surface area (Å²) in [5.74, 6) is -0.211. The van der Waals surface area contributed by atoms with E-state index in [1.54, 1.807) is 12.1 Å². The minimum absolute atomic E-state index is 0.253. The predicted molar refractivity (Wildman–Crippen MR) is 90.1 cm³/mol. The smallest absolute Gasteiger partial charge is 0.325 e. The number of carbonyl (C=O) groups excluding carboxylic acids is 3. The number of anilines is 1. The summed E-state index contributed by atoms with van der Waals surface area (Å²) in [6, 6.07) is 3.64. The molecule has 0 bridgehead atoms. The van der Waals surface area contributed by atoms with Gasteiger partial charge in [0.25, 0.3) is 5.91 Å². The van der Waals surface area contributed by atoms with Gasteiger partial charge in [-0.25, -0.2) is 4.79 Å². The van der Waals surface area contributed by atoms with E-state index in [-0.39, 0.29) is 18.4 Å². The van der Waals surface area contributed by atoms with Crippen molar-refractivity contribution in [2.24, 2.45) is 5.92 Å². The Kier molecular flexibility index (Phi) is 5.66. The number of carbonyl (C=O) groups is 3. The SMILES string of the molecule is COc1ccc(Cl)cc1NC(=O)CN1C(=O)N[C@H](CC(C)C)C1=O. The first-order chi connectivity index (χ1) is 11.3. The Labute approximate surface area is 145 Å². The number of benzene rings is 1. The normalized spacial score (nSPS) is 17.2. The monoisotopic (exact) mass is 353 g/mol. The Bertz CT molecular complexity index is 663. The van der Waals surface area contributed by atoms with Crippen LogP contribution in [0.1, 0.15) is 20.3 Å². The molecule has 0 saturated carbocycles. The Balaban J connectivity index is 2.03. The molecule has 1 heterocycles. The molecule has 130 valence electrons. The number of amides is 4. The van der Waals surface area contributed by atoms with Crippen LogP contribution in [0.2, 0.25) is 5.02 Å². The third-order valence-corrected chi connectivity index (χ3v) is 3.79. The van der Waals surface area contributed by atoms with Gasteiger partial charge in [0.15, 0.2) is 0 Å². The number of rotatable bonds is 6. The number of ether oxygens (including phenoxy) is 1. The van der Waals surface area contributed by atoms with Crippen molar-refractivity contribution in [2.75, 3.05) is 19.0 Å². The molecule has 1 aliphatic heterocycles. The van der Waals surface area contributed by atoms with Crippen molar-refractivity contribution in [1.82, 2.24) is 10.2 Å². The first-order valence-corrected chi connectivity index (χ1v) is 7.95. The second-order valence-corrected chi connectivity index (χ2v) is 6.39. The molecule has 1 aliphatic rings. The van der Waals surface area contributed by atoms with Crippen LogP contribution in [0, 0.1) is 5.92 Å². The van der Waals surface area contributed by atoms with Crippen LogP contribution in [-0.4, -0.2) is 42.4 Å². The first kappa shape index (κ1) is 18.1. The molecule has 0 unspecified atom stereocenters. The van der Waals surface area contributed by atoms with Gasteiger partial charge < -0.3 is 15.4 Å². The van der Waals surface area contributed by atoms with Crippen LogP contribution >= 0.6 is 11.6 Å². The lowest BCUT2D eigenvalue weighted by Gasteiger charge is -2.15. The maximum absolute atomic E-state index is 12.2. The predicted octanol–water partition coefficient (Wildman–Crippen LogP) is 2.25. The fourth-order valence-corrected chi connectivity index (χ4v) is 2.64. The first-order valence-electron chi connectivity index (χ1n) is 7.57. The van der Waals surface area contributed by atoms with Crippen LogP contribution in [0.3, 0.4) is 0 Å². The van der Waals surface area contributed by atoms with Crippen molar-refractivity contribution >= 4 is 35.1 Å². The molecule has 2 rings (SSSR count). The van der Waals surface area contributed by atoms with Gasteiger partial charge in [-0.15, -0.1) is 0 Å². The van der Waals surface area contributed by atoms with Crippen LogP contribution in [0.5, 0.6) is 5.75 Å². The van der Waals surface area contributed by atoms with E-state index in [9.17, 15) is 14.4 Å². The number of urea groups is 1. The Morgan fingerprint density at radius 3 is 2.75 bits per heavy atom. The second-order valence-electron chi connectivity index (χ2n) is 5.95. The summed E-state index contributed by atoms with van der Waals surface area (Å²) in [5.41, 5.74) is 0.376. The number of imide groups is 1. The van der Waals surface area contributed by atoms with Gasteiger partial charge >= 0.3 is 6.03 Å². The van der Waals surface area contributed by atoms with E-state index in [2.05, 4.69) is 10.6 Å². The van der Waals surface area contributed by atoms with E-state index in [0.29, 0.717) is 22.9 Å². The zero-order chi connectivity index (χ0) is 17.9. The molecule has 7 nitrogen and oxygen atoms in total. The topological polar surface area (TPSA) is 87.7 Å². The van der Waals surface area contributed by atoms with E-state index in [0.717, 1.165) is 4.90 Å². The van der Waals surface area contributed by atoms with Crippen molar-refractivity contribution < 1.29 is 19.1 Å². The summed E-state index contributed by atoms with van der Waals surface area (Å²) in [4.78, 5) is 37.2. The second kappa shape index (κ2) is 7.53. The molecule has 8 heteroatoms. The largest absolute Gasteiger partial charge is 0.495 e. The van der Waals surface area contributed by atoms with Gasteiger partial charge in [0, 0.05) is 5.02 Å². The summed E-state index contributed by atoms with van der Waals surface area (Å²) >= 11 is 5.91. The number of nitrogens with zero attached hydrogens (tertiary/aromatic N) is 1. The molecule has 1 aromatic carbocycles. The van der Waals surface area contributed by atoms with Gasteiger partial charge in [0.1, 0.15) is 18.3 Å². The average molecular weight is 354 g/mol. The van der Waals surface area contributed by atoms with Crippen LogP contribution in [0.15, 0.2) is 18.2 Å². The molecule has 1 saturated heterocycles. The van der Waals surface area contributed by atoms with Crippen molar-refractivity contribution in [3.8, 4) is 5.75 Å². The molecule has 2 N–H and O–H groups in total. The highest BCUT2D eigenvalue weighted by atomic mass is 35.5. The van der Waals surface area contributed by atoms with Gasteiger partial charge in [-0.3, -0.25) is 14.5 Å². The van der Waals surface area contributed by atoms with Crippen molar-refractivity contribution in [3.05, 3.63) is 23.2 Å². The number of hydrogen-bond acceptors (Lipinski definition) is 4. The standard InChI is InChI=1S/C16H20ClN3O4/c1-9(2)6-12-15(22)20(16(23)19-12)8-14(21)18-11-7-10(17)4-5-13(11)24-3/h4-5,7,9,12H,6,8H2,1-3H3,(H,18,21)(H,19,23)/t12-/m1/s1. The van der Waals surface area contributed by atoms with E-state index in [1.165, 1.54) is 13.2 Å². The van der Waals surface area contributed by atoms with E-state index >= 15 is 0 Å². The van der Waals surface area contributed by atoms with Gasteiger partial charge in [-0.05, 0) is 30.5 Å². The molecule has 1 aromatic rings. The lowest BCUT2D eigenvalue weighted by atomic mass is 10.0. The number of methoxy groups -OCH3 is 1. The molecule has 0 radical (unpaired) electrons. The van der Waals surface area contributed by atoms with Crippen molar-refractivity contribution in [2.45, 2.75) is 26.3 Å². The Hall–Kier alpha value is -2.28. The van der Waals surface area contributed by atoms with E-state index < -0.39 is 18.0 Å². The quantitative estimate of drug-likeness (QED) is 0.768. The lowest BCUT2D eigenvalue weighted by Crippen LogP contribution is -2.38. The highest BCUT2D eigenvalue weighted by Crippen LogP contribution is 2.27. The highest BCUT2D eigenvalue weighted by Gasteiger charge is 2.39. The van der Waals surface area contributed by atoms with E-state index in [1.807, 2.05) is 13.8 Å². The molecule has 24 heavy (non-hydrogen) atoms. The summed E-state index contributed by atoms with van der Waals surface area (Å²) < 4.78 is 5.14. The maximum atomic E-state index is 12.2. The minimum atomic E-state index is -0.578. The Morgan fingerprint density at radius 1 is 1.42 bits per heavy atom. The third kappa shape index (κ3) is 4.17. The Morgan fingerprint density at radius 2 is 2.12 bits per heavy atom. The van der Waals surface area contributed by atoms with Crippen LogP contribution in [0.25, 0.3) is 0 Å². The van der Waals surface area contributed by atoms with Gasteiger partial charge in [0.2, 0.25) is 5.91 Å². The molecular formula is C16H20ClN3O4. The number of halogens is 1. The van der Waals surface area contributed by atoms with Gasteiger partial charge in [-0.2, -0.15) is 0 Å². The van der Waals surface area contributed by atoms with Gasteiger partial charge in [0.05, 0.1) is 12.8 Å². The third-order valence-electron chi connectivity index (χ3n) is 3.55. The number of nitrogens with one attached hydrogen (secondary N) is 2. The molecule has 1 fully saturated rings. The lowest BCUT2D eigenvalue weighted by molar-refractivity contribution is -0.131. The molecule has 4 amide bonds. The van der Waals surface area contributed by atoms with Crippen molar-refractivity contribution in [1.29, 1.82) is 0 Å².